The molecule has 2 aromatic carbocycles. The van der Waals surface area contributed by atoms with E-state index in [4.69, 9.17) is 16.3 Å². The van der Waals surface area contributed by atoms with Gasteiger partial charge in [-0.1, -0.05) is 23.7 Å². The van der Waals surface area contributed by atoms with Crippen LogP contribution in [0.15, 0.2) is 48.5 Å². The van der Waals surface area contributed by atoms with E-state index in [9.17, 15) is 14.4 Å². The van der Waals surface area contributed by atoms with Crippen molar-refractivity contribution >= 4 is 35.0 Å². The van der Waals surface area contributed by atoms with Crippen LogP contribution < -0.4 is 15.0 Å². The van der Waals surface area contributed by atoms with Crippen LogP contribution in [0.3, 0.4) is 0 Å². The van der Waals surface area contributed by atoms with Crippen molar-refractivity contribution in [2.75, 3.05) is 18.1 Å². The summed E-state index contributed by atoms with van der Waals surface area (Å²) in [5.74, 6) is -0.0693. The van der Waals surface area contributed by atoms with E-state index in [1.165, 1.54) is 0 Å². The zero-order valence-corrected chi connectivity index (χ0v) is 21.0. The molecule has 0 aliphatic carbocycles. The number of nitrogens with one attached hydrogen (secondary N) is 1. The van der Waals surface area contributed by atoms with Gasteiger partial charge in [0.2, 0.25) is 11.8 Å². The van der Waals surface area contributed by atoms with Gasteiger partial charge in [-0.25, -0.2) is 0 Å². The first kappa shape index (κ1) is 25.0. The summed E-state index contributed by atoms with van der Waals surface area (Å²) in [5.41, 5.74) is 1.65. The van der Waals surface area contributed by atoms with Gasteiger partial charge < -0.3 is 19.9 Å². The second kappa shape index (κ2) is 11.1. The van der Waals surface area contributed by atoms with Crippen molar-refractivity contribution in [2.24, 2.45) is 5.92 Å². The molecule has 8 heteroatoms. The molecule has 2 fully saturated rings. The van der Waals surface area contributed by atoms with E-state index in [-0.39, 0.29) is 42.8 Å². The lowest BCUT2D eigenvalue weighted by atomic mass is 9.97. The first-order chi connectivity index (χ1) is 16.8. The zero-order valence-electron chi connectivity index (χ0n) is 20.2. The minimum atomic E-state index is -0.406. The second-order valence-corrected chi connectivity index (χ2v) is 9.90. The van der Waals surface area contributed by atoms with E-state index in [1.54, 1.807) is 41.3 Å². The van der Waals surface area contributed by atoms with Gasteiger partial charge in [-0.05, 0) is 75.1 Å². The Balaban J connectivity index is 1.28. The Bertz CT molecular complexity index is 1050. The van der Waals surface area contributed by atoms with Crippen molar-refractivity contribution < 1.29 is 19.1 Å². The van der Waals surface area contributed by atoms with Gasteiger partial charge in [0.15, 0.2) is 6.61 Å². The molecule has 2 aliphatic heterocycles. The van der Waals surface area contributed by atoms with Crippen molar-refractivity contribution in [3.8, 4) is 5.75 Å². The maximum absolute atomic E-state index is 12.7. The standard InChI is InChI=1S/C27H32ClN3O4/c1-18-4-3-5-19(2)31(18)26(33)17-35-24-12-10-23(11-13-24)30-16-21(14-25(30)32)27(34)29-15-20-6-8-22(28)9-7-20/h6-13,18-19,21H,3-5,14-17H2,1-2H3,(H,29,34)/t18-,19+,21-/m0/s1. The minimum Gasteiger partial charge on any atom is -0.484 e. The molecule has 0 spiro atoms. The molecule has 0 radical (unpaired) electrons. The van der Waals surface area contributed by atoms with E-state index in [1.807, 2.05) is 17.0 Å². The fourth-order valence-electron chi connectivity index (χ4n) is 4.92. The van der Waals surface area contributed by atoms with E-state index >= 15 is 0 Å². The molecule has 186 valence electrons. The second-order valence-electron chi connectivity index (χ2n) is 9.46. The van der Waals surface area contributed by atoms with Crippen LogP contribution in [0.2, 0.25) is 5.02 Å². The molecule has 2 heterocycles. The Hall–Kier alpha value is -3.06. The van der Waals surface area contributed by atoms with Crippen LogP contribution in [0.4, 0.5) is 5.69 Å². The molecule has 35 heavy (non-hydrogen) atoms. The summed E-state index contributed by atoms with van der Waals surface area (Å²) in [7, 11) is 0. The lowest BCUT2D eigenvalue weighted by Crippen LogP contribution is -2.49. The van der Waals surface area contributed by atoms with Crippen molar-refractivity contribution in [3.63, 3.8) is 0 Å². The largest absolute Gasteiger partial charge is 0.484 e. The van der Waals surface area contributed by atoms with Crippen LogP contribution >= 0.6 is 11.6 Å². The Morgan fingerprint density at radius 3 is 2.34 bits per heavy atom. The first-order valence-corrected chi connectivity index (χ1v) is 12.6. The number of carbonyl (C=O) groups excluding carboxylic acids is 3. The molecule has 0 saturated carbocycles. The normalized spacial score (nSPS) is 22.3. The van der Waals surface area contributed by atoms with Gasteiger partial charge in [0, 0.05) is 42.3 Å². The number of likely N-dealkylation sites (tertiary alicyclic amines) is 1. The van der Waals surface area contributed by atoms with Crippen LogP contribution in [-0.4, -0.2) is 47.9 Å². The summed E-state index contributed by atoms with van der Waals surface area (Å²) >= 11 is 5.90. The number of benzene rings is 2. The number of anilines is 1. The molecule has 2 aromatic rings. The molecule has 2 aliphatic rings. The Kier molecular flexibility index (Phi) is 7.96. The summed E-state index contributed by atoms with van der Waals surface area (Å²) in [6.45, 7) is 4.88. The average Bonchev–Trinajstić information content (AvgIpc) is 3.24. The smallest absolute Gasteiger partial charge is 0.260 e. The molecule has 3 amide bonds. The number of piperidine rings is 1. The molecule has 4 rings (SSSR count). The molecule has 0 aromatic heterocycles. The highest BCUT2D eigenvalue weighted by atomic mass is 35.5. The van der Waals surface area contributed by atoms with Crippen LogP contribution in [0, 0.1) is 5.92 Å². The summed E-state index contributed by atoms with van der Waals surface area (Å²) < 4.78 is 5.74. The molecule has 3 atom stereocenters. The van der Waals surface area contributed by atoms with E-state index < -0.39 is 5.92 Å². The quantitative estimate of drug-likeness (QED) is 0.622. The van der Waals surface area contributed by atoms with Crippen molar-refractivity contribution in [2.45, 2.75) is 58.2 Å². The monoisotopic (exact) mass is 497 g/mol. The fraction of sp³-hybridized carbons (Fsp3) is 0.444. The fourth-order valence-corrected chi connectivity index (χ4v) is 5.05. The summed E-state index contributed by atoms with van der Waals surface area (Å²) in [5, 5.41) is 3.55. The van der Waals surface area contributed by atoms with Crippen molar-refractivity contribution in [1.82, 2.24) is 10.2 Å². The number of hydrogen-bond acceptors (Lipinski definition) is 4. The van der Waals surface area contributed by atoms with Gasteiger partial charge in [-0.2, -0.15) is 0 Å². The highest BCUT2D eigenvalue weighted by molar-refractivity contribution is 6.30. The Labute approximate surface area is 211 Å². The summed E-state index contributed by atoms with van der Waals surface area (Å²) in [6, 6.07) is 14.8. The summed E-state index contributed by atoms with van der Waals surface area (Å²) in [4.78, 5) is 41.4. The molecule has 0 unspecified atom stereocenters. The summed E-state index contributed by atoms with van der Waals surface area (Å²) in [6.07, 6.45) is 3.36. The maximum Gasteiger partial charge on any atom is 0.260 e. The maximum atomic E-state index is 12.7. The predicted molar refractivity (Wildman–Crippen MR) is 135 cm³/mol. The molecule has 0 bridgehead atoms. The third kappa shape index (κ3) is 6.14. The van der Waals surface area contributed by atoms with Gasteiger partial charge in [-0.3, -0.25) is 14.4 Å². The van der Waals surface area contributed by atoms with Gasteiger partial charge >= 0.3 is 0 Å². The third-order valence-corrected chi connectivity index (χ3v) is 7.12. The molecule has 1 N–H and O–H groups in total. The SMILES string of the molecule is C[C@@H]1CCC[C@H](C)N1C(=O)COc1ccc(N2C[C@@H](C(=O)NCc3ccc(Cl)cc3)CC2=O)cc1. The molecule has 2 saturated heterocycles. The third-order valence-electron chi connectivity index (χ3n) is 6.87. The van der Waals surface area contributed by atoms with E-state index in [0.717, 1.165) is 24.8 Å². The first-order valence-electron chi connectivity index (χ1n) is 12.2. The zero-order chi connectivity index (χ0) is 24.9. The lowest BCUT2D eigenvalue weighted by molar-refractivity contribution is -0.139. The Morgan fingerprint density at radius 2 is 1.69 bits per heavy atom. The average molecular weight is 498 g/mol. The highest BCUT2D eigenvalue weighted by Crippen LogP contribution is 2.28. The minimum absolute atomic E-state index is 0.00375. The predicted octanol–water partition coefficient (Wildman–Crippen LogP) is 4.18. The number of halogens is 1. The number of rotatable bonds is 7. The molecule has 7 nitrogen and oxygen atoms in total. The van der Waals surface area contributed by atoms with Crippen LogP contribution in [0.1, 0.15) is 45.1 Å². The van der Waals surface area contributed by atoms with Crippen LogP contribution in [0.5, 0.6) is 5.75 Å². The Morgan fingerprint density at radius 1 is 1.03 bits per heavy atom. The number of carbonyl (C=O) groups is 3. The van der Waals surface area contributed by atoms with Crippen LogP contribution in [-0.2, 0) is 20.9 Å². The number of nitrogens with zero attached hydrogens (tertiary/aromatic N) is 2. The lowest BCUT2D eigenvalue weighted by Gasteiger charge is -2.38. The molecular weight excluding hydrogens is 466 g/mol. The number of ether oxygens (including phenoxy) is 1. The van der Waals surface area contributed by atoms with Gasteiger partial charge in [-0.15, -0.1) is 0 Å². The van der Waals surface area contributed by atoms with E-state index in [2.05, 4.69) is 19.2 Å². The topological polar surface area (TPSA) is 79.0 Å². The van der Waals surface area contributed by atoms with Crippen LogP contribution in [0.25, 0.3) is 0 Å². The number of hydrogen-bond donors (Lipinski definition) is 1. The van der Waals surface area contributed by atoms with Crippen molar-refractivity contribution in [3.05, 3.63) is 59.1 Å². The van der Waals surface area contributed by atoms with Gasteiger partial charge in [0.25, 0.3) is 5.91 Å². The highest BCUT2D eigenvalue weighted by Gasteiger charge is 2.35. The van der Waals surface area contributed by atoms with Gasteiger partial charge in [0.05, 0.1) is 5.92 Å². The van der Waals surface area contributed by atoms with Crippen molar-refractivity contribution in [1.29, 1.82) is 0 Å². The van der Waals surface area contributed by atoms with E-state index in [0.29, 0.717) is 29.5 Å². The van der Waals surface area contributed by atoms with Gasteiger partial charge in [0.1, 0.15) is 5.75 Å². The molecular formula is C27H32ClN3O4. The number of amides is 3.